The van der Waals surface area contributed by atoms with Gasteiger partial charge in [-0.25, -0.2) is 18.8 Å². The van der Waals surface area contributed by atoms with Crippen LogP contribution in [0.15, 0.2) is 54.6 Å². The lowest BCUT2D eigenvalue weighted by Crippen LogP contribution is -2.20. The summed E-state index contributed by atoms with van der Waals surface area (Å²) in [5.74, 6) is -3.44. The molecule has 5 N–H and O–H groups in total. The molecule has 2 aromatic carbocycles. The summed E-state index contributed by atoms with van der Waals surface area (Å²) in [6.45, 7) is 2.26. The van der Waals surface area contributed by atoms with Gasteiger partial charge in [0.1, 0.15) is 5.82 Å². The Hall–Kier alpha value is -4.81. The first-order chi connectivity index (χ1) is 15.5. The van der Waals surface area contributed by atoms with Crippen molar-refractivity contribution in [1.82, 2.24) is 5.32 Å². The minimum absolute atomic E-state index is 0.0423. The molecular weight excluding hydrogens is 443 g/mol. The topological polar surface area (TPSA) is 188 Å². The van der Waals surface area contributed by atoms with Crippen LogP contribution in [0.3, 0.4) is 0 Å². The molecule has 2 aromatic rings. The van der Waals surface area contributed by atoms with Crippen LogP contribution in [0, 0.1) is 15.9 Å². The number of carbonyl (C=O) groups excluding carboxylic acids is 2. The molecule has 0 fully saturated rings. The van der Waals surface area contributed by atoms with Crippen molar-refractivity contribution in [3.63, 3.8) is 0 Å². The molecule has 0 bridgehead atoms. The molecular formula is C20H19FN4O8. The predicted octanol–water partition coefficient (Wildman–Crippen LogP) is 2.84. The van der Waals surface area contributed by atoms with Crippen LogP contribution in [0.5, 0.6) is 0 Å². The number of carbonyl (C=O) groups is 4. The van der Waals surface area contributed by atoms with E-state index in [0.29, 0.717) is 6.54 Å². The number of anilines is 2. The molecule has 13 heteroatoms. The van der Waals surface area contributed by atoms with Gasteiger partial charge >= 0.3 is 18.0 Å². The first-order valence-corrected chi connectivity index (χ1v) is 9.07. The first-order valence-electron chi connectivity index (χ1n) is 9.07. The number of hydrogen-bond donors (Lipinski definition) is 5. The van der Waals surface area contributed by atoms with Crippen LogP contribution in [-0.2, 0) is 9.59 Å². The molecule has 0 saturated carbocycles. The fraction of sp³-hybridized carbons (Fsp3) is 0.100. The predicted molar refractivity (Wildman–Crippen MR) is 115 cm³/mol. The standard InChI is InChI=1S/C14H10FN3O5.C6H9NO3/c15-11-6-5-10(18(22)23)7-12(11)17-14(21)16-9-3-1-8(2-4-9)13(19)20;1-2-7-5(8)3-4-6(9)10/h1-7H,(H,19,20)(H2,16,17,21);3-4H,2H2,1H3,(H,7,8)(H,9,10)/b;4-3-. The summed E-state index contributed by atoms with van der Waals surface area (Å²) < 4.78 is 13.5. The number of hydrogen-bond acceptors (Lipinski definition) is 6. The number of halogens is 1. The Morgan fingerprint density at radius 2 is 1.67 bits per heavy atom. The average molecular weight is 462 g/mol. The molecule has 12 nitrogen and oxygen atoms in total. The largest absolute Gasteiger partial charge is 0.478 e. The highest BCUT2D eigenvalue weighted by molar-refractivity contribution is 6.00. The van der Waals surface area contributed by atoms with Crippen LogP contribution >= 0.6 is 0 Å². The van der Waals surface area contributed by atoms with E-state index in [-0.39, 0.29) is 28.5 Å². The number of benzene rings is 2. The summed E-state index contributed by atoms with van der Waals surface area (Å²) in [5.41, 5.74) is -0.398. The zero-order valence-corrected chi connectivity index (χ0v) is 17.1. The lowest BCUT2D eigenvalue weighted by molar-refractivity contribution is -0.384. The summed E-state index contributed by atoms with van der Waals surface area (Å²) in [4.78, 5) is 52.7. The Morgan fingerprint density at radius 1 is 1.03 bits per heavy atom. The van der Waals surface area contributed by atoms with E-state index in [1.165, 1.54) is 24.3 Å². The third-order valence-corrected chi connectivity index (χ3v) is 3.53. The summed E-state index contributed by atoms with van der Waals surface area (Å²) in [5, 5.41) is 34.4. The molecule has 0 atom stereocenters. The van der Waals surface area contributed by atoms with Gasteiger partial charge in [0.25, 0.3) is 5.69 Å². The van der Waals surface area contributed by atoms with Crippen molar-refractivity contribution in [2.75, 3.05) is 17.2 Å². The maximum Gasteiger partial charge on any atom is 0.335 e. The fourth-order valence-corrected chi connectivity index (χ4v) is 2.08. The smallest absolute Gasteiger partial charge is 0.335 e. The van der Waals surface area contributed by atoms with E-state index >= 15 is 0 Å². The van der Waals surface area contributed by atoms with Gasteiger partial charge in [-0.05, 0) is 37.3 Å². The highest BCUT2D eigenvalue weighted by atomic mass is 19.1. The quantitative estimate of drug-likeness (QED) is 0.236. The molecule has 0 saturated heterocycles. The fourth-order valence-electron chi connectivity index (χ4n) is 2.08. The van der Waals surface area contributed by atoms with E-state index in [0.717, 1.165) is 30.4 Å². The van der Waals surface area contributed by atoms with E-state index in [9.17, 15) is 33.7 Å². The number of aliphatic carboxylic acids is 1. The number of carboxylic acid groups (broad SMARTS) is 2. The molecule has 0 unspecified atom stereocenters. The van der Waals surface area contributed by atoms with Gasteiger partial charge in [-0.3, -0.25) is 14.9 Å². The van der Waals surface area contributed by atoms with E-state index in [1.807, 2.05) is 0 Å². The van der Waals surface area contributed by atoms with Crippen LogP contribution in [0.25, 0.3) is 0 Å². The van der Waals surface area contributed by atoms with E-state index in [4.69, 9.17) is 10.2 Å². The summed E-state index contributed by atoms with van der Waals surface area (Å²) in [6, 6.07) is 7.19. The van der Waals surface area contributed by atoms with E-state index in [2.05, 4.69) is 16.0 Å². The molecule has 0 aliphatic carbocycles. The molecule has 174 valence electrons. The monoisotopic (exact) mass is 462 g/mol. The maximum atomic E-state index is 13.5. The molecule has 0 spiro atoms. The van der Waals surface area contributed by atoms with E-state index in [1.54, 1.807) is 6.92 Å². The normalized spacial score (nSPS) is 9.88. The van der Waals surface area contributed by atoms with Crippen molar-refractivity contribution in [2.45, 2.75) is 6.92 Å². The number of amides is 3. The van der Waals surface area contributed by atoms with Crippen LogP contribution < -0.4 is 16.0 Å². The molecule has 33 heavy (non-hydrogen) atoms. The number of urea groups is 1. The number of aromatic carboxylic acids is 1. The highest BCUT2D eigenvalue weighted by Crippen LogP contribution is 2.21. The number of non-ortho nitro benzene ring substituents is 1. The molecule has 0 heterocycles. The van der Waals surface area contributed by atoms with Crippen molar-refractivity contribution >= 4 is 40.9 Å². The Balaban J connectivity index is 0.000000461. The zero-order chi connectivity index (χ0) is 25.0. The summed E-state index contributed by atoms with van der Waals surface area (Å²) >= 11 is 0. The van der Waals surface area contributed by atoms with Crippen molar-refractivity contribution < 1.29 is 38.7 Å². The number of nitro groups is 1. The van der Waals surface area contributed by atoms with Crippen molar-refractivity contribution in [3.05, 3.63) is 76.1 Å². The zero-order valence-electron chi connectivity index (χ0n) is 17.1. The lowest BCUT2D eigenvalue weighted by Gasteiger charge is -2.08. The second kappa shape index (κ2) is 12.8. The third kappa shape index (κ3) is 9.69. The van der Waals surface area contributed by atoms with Gasteiger partial charge in [-0.15, -0.1) is 0 Å². The third-order valence-electron chi connectivity index (χ3n) is 3.53. The highest BCUT2D eigenvalue weighted by Gasteiger charge is 2.13. The summed E-state index contributed by atoms with van der Waals surface area (Å²) in [7, 11) is 0. The molecule has 0 radical (unpaired) electrons. The maximum absolute atomic E-state index is 13.5. The Bertz CT molecular complexity index is 1070. The van der Waals surface area contributed by atoms with Gasteiger partial charge < -0.3 is 26.2 Å². The van der Waals surface area contributed by atoms with E-state index < -0.39 is 28.7 Å². The second-order valence-electron chi connectivity index (χ2n) is 5.95. The molecule has 0 aliphatic rings. The molecule has 0 aliphatic heterocycles. The van der Waals surface area contributed by atoms with Gasteiger partial charge in [-0.1, -0.05) is 0 Å². The number of nitro benzene ring substituents is 1. The van der Waals surface area contributed by atoms with Crippen molar-refractivity contribution in [3.8, 4) is 0 Å². The van der Waals surface area contributed by atoms with Gasteiger partial charge in [0.15, 0.2) is 0 Å². The Kier molecular flexibility index (Phi) is 10.2. The molecule has 3 amide bonds. The minimum Gasteiger partial charge on any atom is -0.478 e. The average Bonchev–Trinajstić information content (AvgIpc) is 2.74. The van der Waals surface area contributed by atoms with Gasteiger partial charge in [0.05, 0.1) is 16.2 Å². The van der Waals surface area contributed by atoms with Gasteiger partial charge in [0, 0.05) is 36.5 Å². The van der Waals surface area contributed by atoms with Crippen LogP contribution in [0.2, 0.25) is 0 Å². The molecule has 0 aromatic heterocycles. The van der Waals surface area contributed by atoms with Crippen LogP contribution in [-0.4, -0.2) is 45.6 Å². The van der Waals surface area contributed by atoms with Crippen LogP contribution in [0.1, 0.15) is 17.3 Å². The number of carboxylic acids is 2. The minimum atomic E-state index is -1.12. The van der Waals surface area contributed by atoms with Crippen molar-refractivity contribution in [2.24, 2.45) is 0 Å². The second-order valence-corrected chi connectivity index (χ2v) is 5.95. The first kappa shape index (κ1) is 26.2. The number of rotatable bonds is 7. The Morgan fingerprint density at radius 3 is 2.18 bits per heavy atom. The van der Waals surface area contributed by atoms with Crippen LogP contribution in [0.4, 0.5) is 26.2 Å². The van der Waals surface area contributed by atoms with Gasteiger partial charge in [0.2, 0.25) is 5.91 Å². The number of nitrogens with zero attached hydrogens (tertiary/aromatic N) is 1. The Labute approximate surface area is 185 Å². The number of nitrogens with one attached hydrogen (secondary N) is 3. The van der Waals surface area contributed by atoms with Gasteiger partial charge in [-0.2, -0.15) is 0 Å². The molecule has 2 rings (SSSR count). The lowest BCUT2D eigenvalue weighted by atomic mass is 10.2. The van der Waals surface area contributed by atoms with Crippen molar-refractivity contribution in [1.29, 1.82) is 0 Å². The SMILES string of the molecule is CCNC(=O)/C=C\C(=O)O.O=C(Nc1ccc(C(=O)O)cc1)Nc1cc([N+](=O)[O-])ccc1F. The number of likely N-dealkylation sites (N-methyl/N-ethyl adjacent to an activating group) is 1. The summed E-state index contributed by atoms with van der Waals surface area (Å²) in [6.07, 6.45) is 1.77.